The molecule has 7 nitrogen and oxygen atoms in total. The number of hydrogen-bond donors (Lipinski definition) is 1. The molecule has 1 aromatic heterocycles. The van der Waals surface area contributed by atoms with Crippen LogP contribution in [0.3, 0.4) is 0 Å². The molecule has 8 heteroatoms. The Balaban J connectivity index is 2.05. The van der Waals surface area contributed by atoms with Gasteiger partial charge in [-0.3, -0.25) is 5.41 Å². The third-order valence-electron chi connectivity index (χ3n) is 3.85. The van der Waals surface area contributed by atoms with Crippen LogP contribution in [0.1, 0.15) is 23.9 Å². The summed E-state index contributed by atoms with van der Waals surface area (Å²) < 4.78 is 16.6. The molecule has 0 aliphatic rings. The van der Waals surface area contributed by atoms with E-state index in [1.54, 1.807) is 33.1 Å². The van der Waals surface area contributed by atoms with Crippen LogP contribution in [0.5, 0.6) is 11.5 Å². The smallest absolute Gasteiger partial charge is 0.223 e. The molecule has 0 saturated heterocycles. The minimum atomic E-state index is 0.0668. The molecule has 0 aliphatic heterocycles. The average molecular weight is 396 g/mol. The van der Waals surface area contributed by atoms with Gasteiger partial charge in [0.05, 0.1) is 7.11 Å². The van der Waals surface area contributed by atoms with Gasteiger partial charge in [-0.2, -0.15) is 4.98 Å². The van der Waals surface area contributed by atoms with Gasteiger partial charge in [-0.05, 0) is 24.6 Å². The molecule has 0 amide bonds. The van der Waals surface area contributed by atoms with E-state index in [-0.39, 0.29) is 5.84 Å². The molecule has 2 aromatic carbocycles. The molecule has 1 N–H and O–H groups in total. The summed E-state index contributed by atoms with van der Waals surface area (Å²) in [4.78, 5) is 8.51. The maximum absolute atomic E-state index is 8.39. The quantitative estimate of drug-likeness (QED) is 0.382. The highest BCUT2D eigenvalue weighted by molar-refractivity contribution is 7.40. The van der Waals surface area contributed by atoms with Crippen LogP contribution in [-0.2, 0) is 6.61 Å². The summed E-state index contributed by atoms with van der Waals surface area (Å²) >= 11 is 0. The molecule has 1 atom stereocenters. The van der Waals surface area contributed by atoms with Crippen molar-refractivity contribution in [2.45, 2.75) is 20.5 Å². The van der Waals surface area contributed by atoms with Gasteiger partial charge in [0.2, 0.25) is 11.7 Å². The summed E-state index contributed by atoms with van der Waals surface area (Å²) in [6, 6.07) is 13.3. The van der Waals surface area contributed by atoms with E-state index in [1.807, 2.05) is 30.3 Å². The molecule has 0 bridgehead atoms. The fourth-order valence-corrected chi connectivity index (χ4v) is 2.72. The highest BCUT2D eigenvalue weighted by atomic mass is 31.0. The van der Waals surface area contributed by atoms with E-state index < -0.39 is 0 Å². The topological polar surface area (TPSA) is 93.6 Å². The Morgan fingerprint density at radius 3 is 2.57 bits per heavy atom. The van der Waals surface area contributed by atoms with Crippen LogP contribution >= 0.6 is 9.24 Å². The highest BCUT2D eigenvalue weighted by Crippen LogP contribution is 2.36. The largest absolute Gasteiger partial charge is 0.493 e. The number of hydrogen-bond acceptors (Lipinski definition) is 6. The van der Waals surface area contributed by atoms with E-state index >= 15 is 0 Å². The Labute approximate surface area is 165 Å². The van der Waals surface area contributed by atoms with Crippen LogP contribution in [-0.4, -0.2) is 28.5 Å². The Kier molecular flexibility index (Phi) is 6.16. The summed E-state index contributed by atoms with van der Waals surface area (Å²) in [6.07, 6.45) is 0. The van der Waals surface area contributed by atoms with Crippen molar-refractivity contribution in [1.29, 1.82) is 5.41 Å². The summed E-state index contributed by atoms with van der Waals surface area (Å²) in [6.45, 7) is 3.88. The number of aryl methyl sites for hydroxylation is 1. The van der Waals surface area contributed by atoms with E-state index in [0.29, 0.717) is 46.4 Å². The maximum atomic E-state index is 8.39. The maximum Gasteiger partial charge on any atom is 0.223 e. The minimum absolute atomic E-state index is 0.0668. The van der Waals surface area contributed by atoms with Gasteiger partial charge in [-0.15, -0.1) is 0 Å². The minimum Gasteiger partial charge on any atom is -0.493 e. The number of benzene rings is 2. The van der Waals surface area contributed by atoms with Crippen molar-refractivity contribution in [3.8, 4) is 22.9 Å². The fourth-order valence-electron chi connectivity index (χ4n) is 2.59. The Morgan fingerprint density at radius 2 is 1.96 bits per heavy atom. The zero-order valence-electron chi connectivity index (χ0n) is 15.9. The highest BCUT2D eigenvalue weighted by Gasteiger charge is 2.19. The number of nitrogens with zero attached hydrogens (tertiary/aromatic N) is 3. The molecule has 0 radical (unpaired) electrons. The number of ether oxygens (including phenoxy) is 2. The second-order valence-corrected chi connectivity index (χ2v) is 6.90. The summed E-state index contributed by atoms with van der Waals surface area (Å²) in [5.41, 5.74) is 2.81. The third kappa shape index (κ3) is 4.61. The molecule has 3 aromatic rings. The zero-order chi connectivity index (χ0) is 20.1. The van der Waals surface area contributed by atoms with Gasteiger partial charge in [-0.25, -0.2) is 4.99 Å². The molecule has 1 heterocycles. The number of rotatable bonds is 6. The lowest BCUT2D eigenvalue weighted by Gasteiger charge is -2.15. The Hall–Kier alpha value is -3.05. The molecule has 144 valence electrons. The van der Waals surface area contributed by atoms with Crippen LogP contribution in [0, 0.1) is 12.3 Å². The van der Waals surface area contributed by atoms with Crippen LogP contribution in [0.25, 0.3) is 11.4 Å². The third-order valence-corrected chi connectivity index (χ3v) is 3.98. The van der Waals surface area contributed by atoms with Gasteiger partial charge in [0, 0.05) is 23.5 Å². The fraction of sp³-hybridized carbons (Fsp3) is 0.200. The monoisotopic (exact) mass is 396 g/mol. The molecule has 1 unspecified atom stereocenters. The molecular formula is C20H21N4O3P. The predicted molar refractivity (Wildman–Crippen MR) is 111 cm³/mol. The van der Waals surface area contributed by atoms with Crippen LogP contribution in [0.15, 0.2) is 52.0 Å². The van der Waals surface area contributed by atoms with Gasteiger partial charge in [0.1, 0.15) is 6.61 Å². The van der Waals surface area contributed by atoms with Gasteiger partial charge >= 0.3 is 0 Å². The van der Waals surface area contributed by atoms with Crippen LogP contribution in [0.2, 0.25) is 0 Å². The predicted octanol–water partition coefficient (Wildman–Crippen LogP) is 4.25. The molecule has 0 aliphatic carbocycles. The van der Waals surface area contributed by atoms with Crippen molar-refractivity contribution in [1.82, 2.24) is 10.1 Å². The molecule has 0 saturated carbocycles. The normalized spacial score (nSPS) is 11.4. The SMILES string of the molecule is COc1cc(-c2noc(C)n2)c(C(=N)N=C(C)P)cc1OCc1ccccc1. The second-order valence-electron chi connectivity index (χ2n) is 6.06. The Morgan fingerprint density at radius 1 is 1.21 bits per heavy atom. The lowest BCUT2D eigenvalue weighted by atomic mass is 10.0. The van der Waals surface area contributed by atoms with Crippen molar-refractivity contribution in [2.24, 2.45) is 4.99 Å². The first-order chi connectivity index (χ1) is 13.5. The first-order valence-corrected chi connectivity index (χ1v) is 9.14. The molecular weight excluding hydrogens is 375 g/mol. The van der Waals surface area contributed by atoms with Crippen LogP contribution < -0.4 is 9.47 Å². The van der Waals surface area contributed by atoms with Gasteiger partial charge in [0.25, 0.3) is 0 Å². The zero-order valence-corrected chi connectivity index (χ0v) is 17.0. The lowest BCUT2D eigenvalue weighted by molar-refractivity contribution is 0.284. The summed E-state index contributed by atoms with van der Waals surface area (Å²) in [5.74, 6) is 1.88. The second kappa shape index (κ2) is 8.76. The molecule has 0 spiro atoms. The number of aliphatic imine (C=N–C) groups is 1. The standard InChI is InChI=1S/C20H21N4O3P/c1-12-22-20(24-27-12)16-10-17(25-3)18(9-15(16)19(21)23-13(2)28)26-11-14-7-5-4-6-8-14/h4-10,21H,11,28H2,1-3H3. The summed E-state index contributed by atoms with van der Waals surface area (Å²) in [5, 5.41) is 12.4. The van der Waals surface area contributed by atoms with E-state index in [2.05, 4.69) is 24.4 Å². The number of methoxy groups -OCH3 is 1. The van der Waals surface area contributed by atoms with E-state index in [9.17, 15) is 0 Å². The molecule has 0 fully saturated rings. The van der Waals surface area contributed by atoms with Gasteiger partial charge in [0.15, 0.2) is 17.3 Å². The lowest BCUT2D eigenvalue weighted by Crippen LogP contribution is -2.05. The van der Waals surface area contributed by atoms with Gasteiger partial charge < -0.3 is 14.0 Å². The van der Waals surface area contributed by atoms with E-state index in [1.165, 1.54) is 0 Å². The average Bonchev–Trinajstić information content (AvgIpc) is 3.12. The van der Waals surface area contributed by atoms with Crippen molar-refractivity contribution >= 4 is 20.5 Å². The van der Waals surface area contributed by atoms with Crippen LogP contribution in [0.4, 0.5) is 0 Å². The van der Waals surface area contributed by atoms with Crippen molar-refractivity contribution in [3.63, 3.8) is 0 Å². The van der Waals surface area contributed by atoms with Crippen molar-refractivity contribution in [3.05, 3.63) is 59.5 Å². The first kappa shape index (κ1) is 19.7. The van der Waals surface area contributed by atoms with Crippen molar-refractivity contribution < 1.29 is 14.0 Å². The first-order valence-electron chi connectivity index (χ1n) is 8.57. The summed E-state index contributed by atoms with van der Waals surface area (Å²) in [7, 11) is 4.03. The number of aromatic nitrogens is 2. The molecule has 28 heavy (non-hydrogen) atoms. The molecule has 3 rings (SSSR count). The van der Waals surface area contributed by atoms with Crippen molar-refractivity contribution in [2.75, 3.05) is 7.11 Å². The van der Waals surface area contributed by atoms with Gasteiger partial charge in [-0.1, -0.05) is 44.7 Å². The Bertz CT molecular complexity index is 1010. The number of nitrogens with one attached hydrogen (secondary N) is 1. The number of amidine groups is 1. The van der Waals surface area contributed by atoms with E-state index in [0.717, 1.165) is 5.56 Å². The van der Waals surface area contributed by atoms with E-state index in [4.69, 9.17) is 19.4 Å².